The van der Waals surface area contributed by atoms with Gasteiger partial charge in [0.1, 0.15) is 6.54 Å². The third-order valence-corrected chi connectivity index (χ3v) is 2.08. The van der Waals surface area contributed by atoms with E-state index in [9.17, 15) is 9.59 Å². The molecule has 94 valence electrons. The van der Waals surface area contributed by atoms with Gasteiger partial charge in [0, 0.05) is 6.54 Å². The summed E-state index contributed by atoms with van der Waals surface area (Å²) in [6.45, 7) is 3.58. The van der Waals surface area contributed by atoms with E-state index >= 15 is 0 Å². The Balaban J connectivity index is 2.13. The van der Waals surface area contributed by atoms with Crippen molar-refractivity contribution in [2.24, 2.45) is 0 Å². The van der Waals surface area contributed by atoms with Gasteiger partial charge in [-0.05, 0) is 12.1 Å². The van der Waals surface area contributed by atoms with Crippen molar-refractivity contribution in [2.75, 3.05) is 6.54 Å². The maximum Gasteiger partial charge on any atom is 0.437 e. The number of nitrogens with zero attached hydrogens (tertiary/aromatic N) is 2. The number of hydrogen-bond donors (Lipinski definition) is 1. The molecule has 0 saturated carbocycles. The first-order valence-electron chi connectivity index (χ1n) is 5.20. The zero-order valence-corrected chi connectivity index (χ0v) is 9.46. The molecule has 0 aliphatic carbocycles. The smallest absolute Gasteiger partial charge is 0.437 e. The fraction of sp³-hybridized carbons (Fsp3) is 0.182. The number of hydrogen-bond acceptors (Lipinski definition) is 5. The van der Waals surface area contributed by atoms with Crippen molar-refractivity contribution in [2.45, 2.75) is 6.54 Å². The Morgan fingerprint density at radius 3 is 3.11 bits per heavy atom. The van der Waals surface area contributed by atoms with Crippen LogP contribution in [0.4, 0.5) is 0 Å². The number of carbonyl (C=O) groups excluding carboxylic acids is 1. The van der Waals surface area contributed by atoms with Crippen molar-refractivity contribution in [3.05, 3.63) is 41.6 Å². The Labute approximate surface area is 102 Å². The summed E-state index contributed by atoms with van der Waals surface area (Å²) in [4.78, 5) is 22.8. The number of nitrogens with one attached hydrogen (secondary N) is 1. The van der Waals surface area contributed by atoms with Crippen LogP contribution in [0.2, 0.25) is 0 Å². The molecule has 0 atom stereocenters. The predicted octanol–water partition coefficient (Wildman–Crippen LogP) is 0.398. The van der Waals surface area contributed by atoms with Gasteiger partial charge in [-0.1, -0.05) is 6.08 Å². The monoisotopic (exact) mass is 249 g/mol. The van der Waals surface area contributed by atoms with E-state index in [0.29, 0.717) is 12.3 Å². The summed E-state index contributed by atoms with van der Waals surface area (Å²) in [5.41, 5.74) is 0. The van der Waals surface area contributed by atoms with Crippen molar-refractivity contribution in [3.63, 3.8) is 0 Å². The highest BCUT2D eigenvalue weighted by atomic mass is 16.4. The van der Waals surface area contributed by atoms with Crippen LogP contribution in [-0.4, -0.2) is 22.2 Å². The minimum absolute atomic E-state index is 0.0431. The molecule has 2 aromatic heterocycles. The highest BCUT2D eigenvalue weighted by Crippen LogP contribution is 2.14. The van der Waals surface area contributed by atoms with Crippen molar-refractivity contribution in [3.8, 4) is 11.7 Å². The van der Waals surface area contributed by atoms with Crippen LogP contribution >= 0.6 is 0 Å². The Bertz CT molecular complexity index is 594. The molecule has 0 radical (unpaired) electrons. The summed E-state index contributed by atoms with van der Waals surface area (Å²) in [7, 11) is 0. The van der Waals surface area contributed by atoms with Gasteiger partial charge >= 0.3 is 5.76 Å². The molecular weight excluding hydrogens is 238 g/mol. The maximum atomic E-state index is 11.4. The number of furan rings is 1. The van der Waals surface area contributed by atoms with E-state index in [4.69, 9.17) is 8.83 Å². The molecule has 0 bridgehead atoms. The van der Waals surface area contributed by atoms with E-state index in [-0.39, 0.29) is 18.3 Å². The number of aromatic nitrogens is 2. The second kappa shape index (κ2) is 5.17. The van der Waals surface area contributed by atoms with Crippen LogP contribution in [0.15, 0.2) is 44.7 Å². The highest BCUT2D eigenvalue weighted by molar-refractivity contribution is 5.75. The largest absolute Gasteiger partial charge is 0.459 e. The minimum atomic E-state index is -0.713. The standard InChI is InChI=1S/C11H11N3O4/c1-2-5-12-9(15)7-14-11(16)18-10(13-14)8-4-3-6-17-8/h2-4,6H,1,5,7H2,(H,12,15). The van der Waals surface area contributed by atoms with E-state index in [1.165, 1.54) is 12.3 Å². The maximum absolute atomic E-state index is 11.4. The molecule has 1 amide bonds. The SMILES string of the molecule is C=CCNC(=O)Cn1nc(-c2ccco2)oc1=O. The number of rotatable bonds is 5. The molecule has 0 aliphatic heterocycles. The molecule has 0 fully saturated rings. The second-order valence-electron chi connectivity index (χ2n) is 3.40. The Morgan fingerprint density at radius 1 is 1.61 bits per heavy atom. The average molecular weight is 249 g/mol. The summed E-state index contributed by atoms with van der Waals surface area (Å²) in [6.07, 6.45) is 2.98. The van der Waals surface area contributed by atoms with Crippen LogP contribution in [0.3, 0.4) is 0 Å². The van der Waals surface area contributed by atoms with E-state index < -0.39 is 5.76 Å². The molecule has 2 heterocycles. The lowest BCUT2D eigenvalue weighted by Crippen LogP contribution is -2.31. The molecule has 0 aliphatic rings. The fourth-order valence-electron chi connectivity index (χ4n) is 1.28. The average Bonchev–Trinajstić information content (AvgIpc) is 2.97. The van der Waals surface area contributed by atoms with Gasteiger partial charge in [-0.25, -0.2) is 4.79 Å². The van der Waals surface area contributed by atoms with Crippen LogP contribution in [0, 0.1) is 0 Å². The lowest BCUT2D eigenvalue weighted by molar-refractivity contribution is -0.121. The molecule has 0 unspecified atom stereocenters. The summed E-state index contributed by atoms with van der Waals surface area (Å²) >= 11 is 0. The Hall–Kier alpha value is -2.57. The number of amides is 1. The quantitative estimate of drug-likeness (QED) is 0.774. The van der Waals surface area contributed by atoms with Crippen LogP contribution in [0.1, 0.15) is 0 Å². The van der Waals surface area contributed by atoms with Gasteiger partial charge in [0.2, 0.25) is 5.91 Å². The second-order valence-corrected chi connectivity index (χ2v) is 3.40. The molecular formula is C11H11N3O4. The molecule has 2 aromatic rings. The van der Waals surface area contributed by atoms with Crippen molar-refractivity contribution < 1.29 is 13.6 Å². The van der Waals surface area contributed by atoms with Crippen molar-refractivity contribution in [1.29, 1.82) is 0 Å². The third-order valence-electron chi connectivity index (χ3n) is 2.08. The van der Waals surface area contributed by atoms with Crippen LogP contribution in [0.25, 0.3) is 11.7 Å². The molecule has 0 spiro atoms. The molecule has 1 N–H and O–H groups in total. The van der Waals surface area contributed by atoms with Crippen molar-refractivity contribution >= 4 is 5.91 Å². The predicted molar refractivity (Wildman–Crippen MR) is 61.7 cm³/mol. The first-order chi connectivity index (χ1) is 8.70. The fourth-order valence-corrected chi connectivity index (χ4v) is 1.28. The summed E-state index contributed by atoms with van der Waals surface area (Å²) < 4.78 is 10.8. The summed E-state index contributed by atoms with van der Waals surface area (Å²) in [6, 6.07) is 3.25. The van der Waals surface area contributed by atoms with Crippen LogP contribution in [-0.2, 0) is 11.3 Å². The van der Waals surface area contributed by atoms with Gasteiger partial charge in [-0.2, -0.15) is 4.68 Å². The molecule has 7 nitrogen and oxygen atoms in total. The first kappa shape index (κ1) is 11.9. The van der Waals surface area contributed by atoms with Gasteiger partial charge < -0.3 is 14.2 Å². The van der Waals surface area contributed by atoms with Gasteiger partial charge in [0.05, 0.1) is 6.26 Å². The zero-order valence-electron chi connectivity index (χ0n) is 9.46. The highest BCUT2D eigenvalue weighted by Gasteiger charge is 2.14. The summed E-state index contributed by atoms with van der Waals surface area (Å²) in [5.74, 6) is -0.690. The van der Waals surface area contributed by atoms with Gasteiger partial charge in [0.15, 0.2) is 5.76 Å². The molecule has 7 heteroatoms. The van der Waals surface area contributed by atoms with Crippen molar-refractivity contribution in [1.82, 2.24) is 15.1 Å². The third kappa shape index (κ3) is 2.57. The van der Waals surface area contributed by atoms with Gasteiger partial charge in [-0.15, -0.1) is 11.7 Å². The lowest BCUT2D eigenvalue weighted by atomic mass is 10.5. The van der Waals surface area contributed by atoms with Crippen LogP contribution < -0.4 is 11.1 Å². The number of carbonyl (C=O) groups is 1. The Morgan fingerprint density at radius 2 is 2.44 bits per heavy atom. The molecule has 2 rings (SSSR count). The minimum Gasteiger partial charge on any atom is -0.459 e. The molecule has 18 heavy (non-hydrogen) atoms. The van der Waals surface area contributed by atoms with Gasteiger partial charge in [0.25, 0.3) is 5.89 Å². The van der Waals surface area contributed by atoms with E-state index in [1.807, 2.05) is 0 Å². The van der Waals surface area contributed by atoms with E-state index in [1.54, 1.807) is 12.1 Å². The normalized spacial score (nSPS) is 10.2. The van der Waals surface area contributed by atoms with Crippen LogP contribution in [0.5, 0.6) is 0 Å². The first-order valence-corrected chi connectivity index (χ1v) is 5.20. The van der Waals surface area contributed by atoms with E-state index in [0.717, 1.165) is 4.68 Å². The summed E-state index contributed by atoms with van der Waals surface area (Å²) in [5, 5.41) is 6.39. The Kier molecular flexibility index (Phi) is 3.42. The lowest BCUT2D eigenvalue weighted by Gasteiger charge is -1.99. The zero-order chi connectivity index (χ0) is 13.0. The van der Waals surface area contributed by atoms with Gasteiger partial charge in [-0.3, -0.25) is 4.79 Å². The molecule has 0 aromatic carbocycles. The van der Waals surface area contributed by atoms with E-state index in [2.05, 4.69) is 17.0 Å². The molecule has 0 saturated heterocycles. The topological polar surface area (TPSA) is 90.3 Å².